The molecular formula is C37H42Cl2N8O4. The molecule has 51 heavy (non-hydrogen) atoms. The lowest BCUT2D eigenvalue weighted by Gasteiger charge is -2.37. The Kier molecular flexibility index (Phi) is 10.1. The maximum Gasteiger partial charge on any atom is 0.350 e. The number of halogens is 2. The lowest BCUT2D eigenvalue weighted by atomic mass is 9.74. The summed E-state index contributed by atoms with van der Waals surface area (Å²) in [4.78, 5) is 21.6. The Morgan fingerprint density at radius 2 is 1.55 bits per heavy atom. The third-order valence-electron chi connectivity index (χ3n) is 10.6. The van der Waals surface area contributed by atoms with E-state index in [4.69, 9.17) is 27.9 Å². The first kappa shape index (κ1) is 35.1. The molecular weight excluding hydrogens is 691 g/mol. The molecule has 3 heterocycles. The van der Waals surface area contributed by atoms with Crippen LogP contribution in [0.3, 0.4) is 0 Å². The number of benzene rings is 3. The molecule has 14 heteroatoms. The number of hydrogen-bond donors (Lipinski definition) is 2. The molecule has 2 fully saturated rings. The third-order valence-corrected chi connectivity index (χ3v) is 11.1. The van der Waals surface area contributed by atoms with Gasteiger partial charge in [0.1, 0.15) is 24.7 Å². The number of aromatic nitrogens is 6. The first-order chi connectivity index (χ1) is 24.7. The fourth-order valence-corrected chi connectivity index (χ4v) is 8.03. The topological polar surface area (TPSA) is 127 Å². The van der Waals surface area contributed by atoms with Gasteiger partial charge in [0.25, 0.3) is 0 Å². The number of ether oxygens (including phenoxy) is 1. The van der Waals surface area contributed by atoms with Crippen molar-refractivity contribution in [3.8, 4) is 11.4 Å². The molecule has 268 valence electrons. The van der Waals surface area contributed by atoms with E-state index < -0.39 is 17.6 Å². The molecule has 12 nitrogen and oxygen atoms in total. The van der Waals surface area contributed by atoms with Crippen LogP contribution in [0.15, 0.2) is 90.5 Å². The van der Waals surface area contributed by atoms with Crippen molar-refractivity contribution in [3.05, 3.63) is 112 Å². The normalized spacial score (nSPS) is 22.7. The summed E-state index contributed by atoms with van der Waals surface area (Å²) in [6, 6.07) is 21.2. The molecule has 0 spiro atoms. The number of aliphatic hydroxyl groups excluding tert-OH is 2. The summed E-state index contributed by atoms with van der Waals surface area (Å²) in [6.07, 6.45) is 3.85. The Bertz CT molecular complexity index is 1980. The minimum atomic E-state index is -1.13. The number of aliphatic hydroxyl groups is 2. The van der Waals surface area contributed by atoms with Crippen LogP contribution in [0.25, 0.3) is 5.69 Å². The van der Waals surface area contributed by atoms with E-state index in [1.807, 2.05) is 38.1 Å². The van der Waals surface area contributed by atoms with Gasteiger partial charge in [0, 0.05) is 53.5 Å². The first-order valence-corrected chi connectivity index (χ1v) is 18.1. The van der Waals surface area contributed by atoms with Crippen LogP contribution in [0.2, 0.25) is 10.0 Å². The van der Waals surface area contributed by atoms with E-state index in [0.717, 1.165) is 49.7 Å². The van der Waals surface area contributed by atoms with Crippen molar-refractivity contribution in [2.45, 2.75) is 56.9 Å². The summed E-state index contributed by atoms with van der Waals surface area (Å²) in [5, 5.41) is 32.7. The van der Waals surface area contributed by atoms with Crippen molar-refractivity contribution in [3.63, 3.8) is 0 Å². The molecule has 5 atom stereocenters. The van der Waals surface area contributed by atoms with Gasteiger partial charge in [0.15, 0.2) is 0 Å². The second-order valence-corrected chi connectivity index (χ2v) is 14.3. The molecule has 2 aromatic heterocycles. The molecule has 3 aromatic carbocycles. The summed E-state index contributed by atoms with van der Waals surface area (Å²) in [5.41, 5.74) is 2.37. The van der Waals surface area contributed by atoms with Gasteiger partial charge in [-0.25, -0.2) is 19.0 Å². The smallest absolute Gasteiger partial charge is 0.350 e. The van der Waals surface area contributed by atoms with E-state index in [0.29, 0.717) is 27.8 Å². The molecule has 1 saturated carbocycles. The molecule has 1 aliphatic heterocycles. The molecule has 1 aliphatic carbocycles. The van der Waals surface area contributed by atoms with Crippen LogP contribution in [0.5, 0.6) is 5.75 Å². The van der Waals surface area contributed by atoms with Crippen LogP contribution in [0.4, 0.5) is 11.4 Å². The lowest BCUT2D eigenvalue weighted by Crippen LogP contribution is -2.48. The average Bonchev–Trinajstić information content (AvgIpc) is 3.86. The van der Waals surface area contributed by atoms with E-state index >= 15 is 0 Å². The molecule has 2 aliphatic rings. The Hall–Kier alpha value is -4.36. The average molecular weight is 734 g/mol. The van der Waals surface area contributed by atoms with Gasteiger partial charge in [0.2, 0.25) is 0 Å². The zero-order valence-electron chi connectivity index (χ0n) is 28.6. The molecule has 1 saturated heterocycles. The largest absolute Gasteiger partial charge is 0.493 e. The zero-order valence-corrected chi connectivity index (χ0v) is 30.1. The molecule has 0 radical (unpaired) electrons. The molecule has 5 unspecified atom stereocenters. The molecule has 5 aromatic rings. The van der Waals surface area contributed by atoms with Crippen LogP contribution in [0.1, 0.15) is 38.3 Å². The van der Waals surface area contributed by atoms with E-state index in [-0.39, 0.29) is 30.8 Å². The van der Waals surface area contributed by atoms with Crippen molar-refractivity contribution in [1.29, 1.82) is 0 Å². The quantitative estimate of drug-likeness (QED) is 0.193. The van der Waals surface area contributed by atoms with Gasteiger partial charge in [-0.05, 0) is 86.0 Å². The van der Waals surface area contributed by atoms with Gasteiger partial charge in [-0.1, -0.05) is 36.2 Å². The maximum absolute atomic E-state index is 12.8. The Morgan fingerprint density at radius 1 is 0.902 bits per heavy atom. The van der Waals surface area contributed by atoms with Gasteiger partial charge in [-0.2, -0.15) is 10.2 Å². The van der Waals surface area contributed by atoms with Crippen LogP contribution in [-0.2, 0) is 12.0 Å². The highest BCUT2D eigenvalue weighted by Gasteiger charge is 2.56. The number of rotatable bonds is 11. The van der Waals surface area contributed by atoms with E-state index in [1.54, 1.807) is 40.1 Å². The van der Waals surface area contributed by atoms with Gasteiger partial charge in [-0.15, -0.1) is 0 Å². The van der Waals surface area contributed by atoms with Crippen molar-refractivity contribution < 1.29 is 14.9 Å². The highest BCUT2D eigenvalue weighted by Crippen LogP contribution is 2.48. The molecule has 0 amide bonds. The summed E-state index contributed by atoms with van der Waals surface area (Å²) in [5.74, 6) is 0.326. The Balaban J connectivity index is 0.957. The predicted octanol–water partition coefficient (Wildman–Crippen LogP) is 4.99. The minimum Gasteiger partial charge on any atom is -0.493 e. The van der Waals surface area contributed by atoms with Gasteiger partial charge in [-0.3, -0.25) is 4.68 Å². The third kappa shape index (κ3) is 6.85. The SMILES string of the molecule is CCC(C)n1ncn(-c2ccc(N3CCN(c4ccc(OCC5CC(O)C(Cn6cncn6)(c6ccc(Cl)cc6Cl)C5O)cc4)CC3)cc2)c1=O. The van der Waals surface area contributed by atoms with Crippen LogP contribution < -0.4 is 20.2 Å². The van der Waals surface area contributed by atoms with Crippen LogP contribution in [0, 0.1) is 5.92 Å². The number of nitrogens with zero attached hydrogens (tertiary/aromatic N) is 8. The van der Waals surface area contributed by atoms with Crippen molar-refractivity contribution >= 4 is 34.6 Å². The zero-order chi connectivity index (χ0) is 35.7. The summed E-state index contributed by atoms with van der Waals surface area (Å²) in [6.45, 7) is 7.88. The van der Waals surface area contributed by atoms with E-state index in [9.17, 15) is 15.0 Å². The second-order valence-electron chi connectivity index (χ2n) is 13.5. The van der Waals surface area contributed by atoms with Crippen molar-refractivity contribution in [2.75, 3.05) is 42.6 Å². The Labute approximate surface area is 306 Å². The van der Waals surface area contributed by atoms with Crippen LogP contribution in [-0.4, -0.2) is 84.3 Å². The predicted molar refractivity (Wildman–Crippen MR) is 197 cm³/mol. The monoisotopic (exact) mass is 732 g/mol. The highest BCUT2D eigenvalue weighted by molar-refractivity contribution is 6.35. The fraction of sp³-hybridized carbons (Fsp3) is 0.405. The number of hydrogen-bond acceptors (Lipinski definition) is 9. The van der Waals surface area contributed by atoms with Gasteiger partial charge < -0.3 is 24.7 Å². The second kappa shape index (κ2) is 14.7. The van der Waals surface area contributed by atoms with Crippen LogP contribution >= 0.6 is 23.2 Å². The van der Waals surface area contributed by atoms with Crippen molar-refractivity contribution in [2.24, 2.45) is 5.92 Å². The number of anilines is 2. The van der Waals surface area contributed by atoms with E-state index in [2.05, 4.69) is 49.2 Å². The molecule has 0 bridgehead atoms. The number of piperazine rings is 1. The standard InChI is InChI=1S/C37H42Cl2N8O4/c1-3-25(2)47-36(50)46(24-42-47)30-7-5-28(6-8-30)43-14-16-44(17-15-43)29-9-11-31(12-10-29)51-20-26-18-34(48)37(35(26)49,21-45-23-40-22-41-45)32-13-4-27(38)19-33(32)39/h4-13,19,22-26,34-35,48-49H,3,14-18,20-21H2,1-2H3. The highest BCUT2D eigenvalue weighted by atomic mass is 35.5. The molecule has 7 rings (SSSR count). The molecule has 2 N–H and O–H groups in total. The van der Waals surface area contributed by atoms with E-state index in [1.165, 1.54) is 11.0 Å². The minimum absolute atomic E-state index is 0.0546. The van der Waals surface area contributed by atoms with Gasteiger partial charge in [0.05, 0.1) is 42.5 Å². The lowest BCUT2D eigenvalue weighted by molar-refractivity contribution is 0.00484. The summed E-state index contributed by atoms with van der Waals surface area (Å²) in [7, 11) is 0. The summed E-state index contributed by atoms with van der Waals surface area (Å²) >= 11 is 12.8. The maximum atomic E-state index is 12.8. The Morgan fingerprint density at radius 3 is 2.16 bits per heavy atom. The fourth-order valence-electron chi connectivity index (χ4n) is 7.45. The summed E-state index contributed by atoms with van der Waals surface area (Å²) < 4.78 is 10.9. The van der Waals surface area contributed by atoms with Crippen molar-refractivity contribution in [1.82, 2.24) is 29.1 Å². The van der Waals surface area contributed by atoms with Gasteiger partial charge >= 0.3 is 5.69 Å². The first-order valence-electron chi connectivity index (χ1n) is 17.3.